The van der Waals surface area contributed by atoms with Crippen LogP contribution in [-0.4, -0.2) is 20.1 Å². The van der Waals surface area contributed by atoms with Crippen LogP contribution >= 0.6 is 0 Å². The smallest absolute Gasteiger partial charge is 0.146 e. The molecule has 102 valence electrons. The molecule has 0 radical (unpaired) electrons. The van der Waals surface area contributed by atoms with Crippen molar-refractivity contribution in [2.24, 2.45) is 0 Å². The fourth-order valence-corrected chi connectivity index (χ4v) is 1.95. The summed E-state index contributed by atoms with van der Waals surface area (Å²) in [6, 6.07) is 10.7. The normalized spacial score (nSPS) is 10.6. The van der Waals surface area contributed by atoms with Crippen molar-refractivity contribution >= 4 is 5.69 Å². The average molecular weight is 262 g/mol. The number of benzene rings is 1. The van der Waals surface area contributed by atoms with Gasteiger partial charge in [-0.15, -0.1) is 0 Å². The Labute approximate surface area is 113 Å². The molecule has 2 aromatic rings. The molecule has 0 bridgehead atoms. The van der Waals surface area contributed by atoms with E-state index < -0.39 is 0 Å². The number of furan rings is 1. The molecule has 0 amide bonds. The fourth-order valence-electron chi connectivity index (χ4n) is 1.95. The quantitative estimate of drug-likeness (QED) is 0.777. The van der Waals surface area contributed by atoms with E-state index in [1.54, 1.807) is 18.4 Å². The molecule has 0 aliphatic carbocycles. The van der Waals surface area contributed by atoms with E-state index >= 15 is 0 Å². The van der Waals surface area contributed by atoms with Gasteiger partial charge in [0.05, 0.1) is 18.5 Å². The van der Waals surface area contributed by atoms with E-state index in [4.69, 9.17) is 4.42 Å². The number of rotatable bonds is 7. The summed E-state index contributed by atoms with van der Waals surface area (Å²) in [6.45, 7) is 2.42. The fraction of sp³-hybridized carbons (Fsp3) is 0.333. The number of para-hydroxylation sites is 1. The van der Waals surface area contributed by atoms with Crippen molar-refractivity contribution < 1.29 is 8.81 Å². The van der Waals surface area contributed by atoms with Gasteiger partial charge in [-0.25, -0.2) is 4.39 Å². The Morgan fingerprint density at radius 3 is 2.79 bits per heavy atom. The third kappa shape index (κ3) is 4.10. The van der Waals surface area contributed by atoms with Gasteiger partial charge in [-0.3, -0.25) is 0 Å². The summed E-state index contributed by atoms with van der Waals surface area (Å²) in [5, 5.41) is 3.30. The maximum Gasteiger partial charge on any atom is 0.146 e. The average Bonchev–Trinajstić information content (AvgIpc) is 2.92. The van der Waals surface area contributed by atoms with Gasteiger partial charge in [-0.05, 0) is 37.2 Å². The van der Waals surface area contributed by atoms with Crippen molar-refractivity contribution in [1.82, 2.24) is 5.32 Å². The van der Waals surface area contributed by atoms with E-state index in [2.05, 4.69) is 5.32 Å². The largest absolute Gasteiger partial charge is 0.468 e. The van der Waals surface area contributed by atoms with Gasteiger partial charge in [0.25, 0.3) is 0 Å². The molecule has 2 rings (SSSR count). The molecule has 1 heterocycles. The third-order valence-electron chi connectivity index (χ3n) is 2.99. The van der Waals surface area contributed by atoms with Crippen molar-refractivity contribution in [3.63, 3.8) is 0 Å². The Balaban J connectivity index is 1.67. The third-order valence-corrected chi connectivity index (χ3v) is 2.99. The molecule has 1 aromatic heterocycles. The van der Waals surface area contributed by atoms with Gasteiger partial charge < -0.3 is 14.6 Å². The molecule has 1 aromatic carbocycles. The van der Waals surface area contributed by atoms with Crippen LogP contribution < -0.4 is 10.2 Å². The van der Waals surface area contributed by atoms with E-state index in [-0.39, 0.29) is 5.82 Å². The number of halogens is 1. The highest BCUT2D eigenvalue weighted by Gasteiger charge is 2.05. The first-order valence-electron chi connectivity index (χ1n) is 6.46. The lowest BCUT2D eigenvalue weighted by Crippen LogP contribution is -2.24. The highest BCUT2D eigenvalue weighted by atomic mass is 19.1. The molecule has 4 heteroatoms. The van der Waals surface area contributed by atoms with E-state index in [0.29, 0.717) is 5.69 Å². The molecule has 0 spiro atoms. The highest BCUT2D eigenvalue weighted by molar-refractivity contribution is 5.46. The summed E-state index contributed by atoms with van der Waals surface area (Å²) in [7, 11) is 1.91. The van der Waals surface area contributed by atoms with E-state index in [9.17, 15) is 4.39 Å². The predicted molar refractivity (Wildman–Crippen MR) is 74.7 cm³/mol. The molecular formula is C15H19FN2O. The lowest BCUT2D eigenvalue weighted by atomic mass is 10.2. The molecule has 0 unspecified atom stereocenters. The van der Waals surface area contributed by atoms with E-state index in [0.717, 1.165) is 31.8 Å². The topological polar surface area (TPSA) is 28.4 Å². The molecule has 0 saturated carbocycles. The molecule has 19 heavy (non-hydrogen) atoms. The Bertz CT molecular complexity index is 485. The van der Waals surface area contributed by atoms with Crippen LogP contribution in [0.1, 0.15) is 12.2 Å². The van der Waals surface area contributed by atoms with Crippen LogP contribution in [-0.2, 0) is 6.54 Å². The van der Waals surface area contributed by atoms with Crippen LogP contribution in [0.5, 0.6) is 0 Å². The summed E-state index contributed by atoms with van der Waals surface area (Å²) >= 11 is 0. The van der Waals surface area contributed by atoms with Crippen molar-refractivity contribution in [3.05, 3.63) is 54.2 Å². The first-order chi connectivity index (χ1) is 9.27. The standard InChI is InChI=1S/C15H19FN2O/c1-18(15-8-3-2-7-14(15)16)10-5-9-17-12-13-6-4-11-19-13/h2-4,6-8,11,17H,5,9-10,12H2,1H3. The van der Waals surface area contributed by atoms with Gasteiger partial charge in [-0.1, -0.05) is 12.1 Å². The number of anilines is 1. The van der Waals surface area contributed by atoms with Crippen LogP contribution in [0.15, 0.2) is 47.1 Å². The van der Waals surface area contributed by atoms with Crippen molar-refractivity contribution in [2.75, 3.05) is 25.0 Å². The molecule has 0 atom stereocenters. The maximum absolute atomic E-state index is 13.5. The van der Waals surface area contributed by atoms with Crippen LogP contribution in [0.3, 0.4) is 0 Å². The number of nitrogens with zero attached hydrogens (tertiary/aromatic N) is 1. The van der Waals surface area contributed by atoms with Gasteiger partial charge in [-0.2, -0.15) is 0 Å². The molecular weight excluding hydrogens is 243 g/mol. The van der Waals surface area contributed by atoms with Gasteiger partial charge in [0.15, 0.2) is 0 Å². The molecule has 0 fully saturated rings. The minimum atomic E-state index is -0.173. The minimum Gasteiger partial charge on any atom is -0.468 e. The first kappa shape index (κ1) is 13.6. The number of hydrogen-bond donors (Lipinski definition) is 1. The second kappa shape index (κ2) is 6.95. The second-order valence-electron chi connectivity index (χ2n) is 4.48. The lowest BCUT2D eigenvalue weighted by Gasteiger charge is -2.19. The number of nitrogens with one attached hydrogen (secondary N) is 1. The summed E-state index contributed by atoms with van der Waals surface area (Å²) in [5.41, 5.74) is 0.647. The van der Waals surface area contributed by atoms with Crippen LogP contribution in [0.2, 0.25) is 0 Å². The summed E-state index contributed by atoms with van der Waals surface area (Å²) in [4.78, 5) is 1.93. The zero-order valence-electron chi connectivity index (χ0n) is 11.1. The Hall–Kier alpha value is -1.81. The Morgan fingerprint density at radius 1 is 1.21 bits per heavy atom. The first-order valence-corrected chi connectivity index (χ1v) is 6.46. The van der Waals surface area contributed by atoms with Crippen LogP contribution in [0.25, 0.3) is 0 Å². The highest BCUT2D eigenvalue weighted by Crippen LogP contribution is 2.16. The number of hydrogen-bond acceptors (Lipinski definition) is 3. The van der Waals surface area contributed by atoms with Crippen LogP contribution in [0.4, 0.5) is 10.1 Å². The maximum atomic E-state index is 13.5. The summed E-state index contributed by atoms with van der Waals surface area (Å²) in [6.07, 6.45) is 2.62. The van der Waals surface area contributed by atoms with Crippen LogP contribution in [0, 0.1) is 5.82 Å². The summed E-state index contributed by atoms with van der Waals surface area (Å²) in [5.74, 6) is 0.760. The lowest BCUT2D eigenvalue weighted by molar-refractivity contribution is 0.481. The van der Waals surface area contributed by atoms with Crippen molar-refractivity contribution in [3.8, 4) is 0 Å². The predicted octanol–water partition coefficient (Wildman–Crippen LogP) is 3.03. The monoisotopic (exact) mass is 262 g/mol. The van der Waals surface area contributed by atoms with Crippen molar-refractivity contribution in [1.29, 1.82) is 0 Å². The van der Waals surface area contributed by atoms with Crippen molar-refractivity contribution in [2.45, 2.75) is 13.0 Å². The van der Waals surface area contributed by atoms with Gasteiger partial charge >= 0.3 is 0 Å². The molecule has 0 saturated heterocycles. The minimum absolute atomic E-state index is 0.173. The van der Waals surface area contributed by atoms with E-state index in [1.165, 1.54) is 6.07 Å². The van der Waals surface area contributed by atoms with E-state index in [1.807, 2.05) is 30.1 Å². The summed E-state index contributed by atoms with van der Waals surface area (Å²) < 4.78 is 18.8. The molecule has 1 N–H and O–H groups in total. The van der Waals surface area contributed by atoms with Gasteiger partial charge in [0.2, 0.25) is 0 Å². The second-order valence-corrected chi connectivity index (χ2v) is 4.48. The molecule has 3 nitrogen and oxygen atoms in total. The Kier molecular flexibility index (Phi) is 4.98. The molecule has 0 aliphatic rings. The zero-order valence-corrected chi connectivity index (χ0v) is 11.1. The van der Waals surface area contributed by atoms with Gasteiger partial charge in [0.1, 0.15) is 11.6 Å². The Morgan fingerprint density at radius 2 is 2.05 bits per heavy atom. The SMILES string of the molecule is CN(CCCNCc1ccco1)c1ccccc1F. The van der Waals surface area contributed by atoms with Gasteiger partial charge in [0, 0.05) is 13.6 Å². The zero-order chi connectivity index (χ0) is 13.5. The molecule has 0 aliphatic heterocycles.